The fourth-order valence-electron chi connectivity index (χ4n) is 2.24. The van der Waals surface area contributed by atoms with Crippen molar-refractivity contribution in [2.24, 2.45) is 5.73 Å². The molecule has 0 aromatic carbocycles. The highest BCUT2D eigenvalue weighted by Crippen LogP contribution is 2.20. The highest BCUT2D eigenvalue weighted by Gasteiger charge is 2.19. The molecule has 1 fully saturated rings. The van der Waals surface area contributed by atoms with E-state index in [1.165, 1.54) is 5.69 Å². The molecule has 2 N–H and O–H groups in total. The van der Waals surface area contributed by atoms with Gasteiger partial charge in [0.2, 0.25) is 0 Å². The molecule has 94 valence electrons. The molecular formula is C13H21N3O. The van der Waals surface area contributed by atoms with E-state index in [9.17, 15) is 0 Å². The minimum atomic E-state index is 0.438. The van der Waals surface area contributed by atoms with Gasteiger partial charge < -0.3 is 15.4 Å². The maximum Gasteiger partial charge on any atom is 0.0608 e. The van der Waals surface area contributed by atoms with E-state index in [2.05, 4.69) is 22.9 Å². The molecule has 1 saturated heterocycles. The lowest BCUT2D eigenvalue weighted by molar-refractivity contribution is 0.0459. The van der Waals surface area contributed by atoms with Gasteiger partial charge in [0.1, 0.15) is 0 Å². The van der Waals surface area contributed by atoms with Gasteiger partial charge in [-0.3, -0.25) is 4.98 Å². The number of aromatic nitrogens is 1. The van der Waals surface area contributed by atoms with Crippen LogP contribution in [0.1, 0.15) is 25.5 Å². The van der Waals surface area contributed by atoms with E-state index in [0.29, 0.717) is 12.6 Å². The number of hydrogen-bond donors (Lipinski definition) is 1. The number of nitrogens with zero attached hydrogens (tertiary/aromatic N) is 2. The van der Waals surface area contributed by atoms with E-state index < -0.39 is 0 Å². The summed E-state index contributed by atoms with van der Waals surface area (Å²) in [6.07, 6.45) is 4.56. The fraction of sp³-hybridized carbons (Fsp3) is 0.615. The quantitative estimate of drug-likeness (QED) is 0.860. The molecule has 0 spiro atoms. The lowest BCUT2D eigenvalue weighted by Crippen LogP contribution is -2.37. The van der Waals surface area contributed by atoms with Gasteiger partial charge in [-0.2, -0.15) is 0 Å². The summed E-state index contributed by atoms with van der Waals surface area (Å²) in [6.45, 7) is 5.48. The minimum Gasteiger partial charge on any atom is -0.378 e. The van der Waals surface area contributed by atoms with Gasteiger partial charge in [0, 0.05) is 26.2 Å². The van der Waals surface area contributed by atoms with Crippen molar-refractivity contribution in [2.75, 3.05) is 24.6 Å². The van der Waals surface area contributed by atoms with Crippen LogP contribution in [0.3, 0.4) is 0 Å². The Bertz CT molecular complexity index is 331. The molecule has 0 amide bonds. The Morgan fingerprint density at radius 3 is 2.71 bits per heavy atom. The van der Waals surface area contributed by atoms with Crippen LogP contribution in [0.5, 0.6) is 0 Å². The van der Waals surface area contributed by atoms with Crippen LogP contribution in [0.4, 0.5) is 5.69 Å². The highest BCUT2D eigenvalue weighted by molar-refractivity contribution is 5.44. The van der Waals surface area contributed by atoms with Crippen molar-refractivity contribution in [3.8, 4) is 0 Å². The molecule has 0 aliphatic carbocycles. The van der Waals surface area contributed by atoms with Crippen molar-refractivity contribution in [1.82, 2.24) is 4.98 Å². The molecule has 2 heterocycles. The first-order valence-corrected chi connectivity index (χ1v) is 6.35. The van der Waals surface area contributed by atoms with Crippen molar-refractivity contribution in [1.29, 1.82) is 0 Å². The van der Waals surface area contributed by atoms with E-state index in [1.54, 1.807) is 0 Å². The lowest BCUT2D eigenvalue weighted by Gasteiger charge is -2.33. The van der Waals surface area contributed by atoms with Gasteiger partial charge in [-0.05, 0) is 31.9 Å². The number of rotatable bonds is 4. The molecule has 0 saturated carbocycles. The molecule has 2 rings (SSSR count). The summed E-state index contributed by atoms with van der Waals surface area (Å²) in [5.41, 5.74) is 7.67. The molecule has 4 nitrogen and oxygen atoms in total. The monoisotopic (exact) mass is 235 g/mol. The van der Waals surface area contributed by atoms with E-state index in [4.69, 9.17) is 10.5 Å². The van der Waals surface area contributed by atoms with Crippen LogP contribution in [0.2, 0.25) is 0 Å². The second-order valence-electron chi connectivity index (χ2n) is 4.35. The van der Waals surface area contributed by atoms with Crippen LogP contribution >= 0.6 is 0 Å². The Morgan fingerprint density at radius 1 is 1.41 bits per heavy atom. The van der Waals surface area contributed by atoms with Crippen LogP contribution in [-0.4, -0.2) is 30.8 Å². The number of ether oxygens (including phenoxy) is 1. The first-order chi connectivity index (χ1) is 8.33. The van der Waals surface area contributed by atoms with Crippen LogP contribution in [0, 0.1) is 0 Å². The molecule has 1 aromatic heterocycles. The van der Waals surface area contributed by atoms with Crippen LogP contribution in [-0.2, 0) is 11.3 Å². The number of anilines is 1. The predicted molar refractivity (Wildman–Crippen MR) is 69.0 cm³/mol. The van der Waals surface area contributed by atoms with Gasteiger partial charge >= 0.3 is 0 Å². The molecule has 1 aliphatic heterocycles. The summed E-state index contributed by atoms with van der Waals surface area (Å²) in [6, 6.07) is 4.11. The van der Waals surface area contributed by atoms with E-state index in [0.717, 1.165) is 38.2 Å². The molecule has 0 bridgehead atoms. The fourth-order valence-corrected chi connectivity index (χ4v) is 2.24. The van der Waals surface area contributed by atoms with Gasteiger partial charge in [-0.25, -0.2) is 0 Å². The smallest absolute Gasteiger partial charge is 0.0608 e. The predicted octanol–water partition coefficient (Wildman–Crippen LogP) is 1.55. The number of nitrogens with two attached hydrogens (primary N) is 1. The highest BCUT2D eigenvalue weighted by atomic mass is 16.5. The van der Waals surface area contributed by atoms with Gasteiger partial charge in [0.05, 0.1) is 23.7 Å². The second kappa shape index (κ2) is 5.98. The maximum absolute atomic E-state index is 5.64. The van der Waals surface area contributed by atoms with Crippen molar-refractivity contribution in [3.05, 3.63) is 24.0 Å². The zero-order valence-corrected chi connectivity index (χ0v) is 10.4. The normalized spacial score (nSPS) is 17.4. The largest absolute Gasteiger partial charge is 0.378 e. The summed E-state index contributed by atoms with van der Waals surface area (Å²) in [7, 11) is 0. The molecule has 1 aliphatic rings. The van der Waals surface area contributed by atoms with E-state index in [1.807, 2.05) is 12.3 Å². The average Bonchev–Trinajstić information content (AvgIpc) is 2.40. The Hall–Kier alpha value is -1.13. The van der Waals surface area contributed by atoms with Gasteiger partial charge in [-0.1, -0.05) is 0 Å². The summed E-state index contributed by atoms with van der Waals surface area (Å²) >= 11 is 0. The first-order valence-electron chi connectivity index (χ1n) is 6.35. The number of pyridine rings is 1. The molecule has 4 heteroatoms. The Morgan fingerprint density at radius 2 is 2.18 bits per heavy atom. The summed E-state index contributed by atoms with van der Waals surface area (Å²) in [4.78, 5) is 6.69. The van der Waals surface area contributed by atoms with Crippen molar-refractivity contribution < 1.29 is 4.74 Å². The molecule has 1 aromatic rings. The Labute approximate surface area is 103 Å². The molecule has 0 unspecified atom stereocenters. The summed E-state index contributed by atoms with van der Waals surface area (Å²) < 4.78 is 5.64. The van der Waals surface area contributed by atoms with Gasteiger partial charge in [0.15, 0.2) is 0 Å². The van der Waals surface area contributed by atoms with Gasteiger partial charge in [0.25, 0.3) is 0 Å². The van der Waals surface area contributed by atoms with Crippen molar-refractivity contribution in [3.63, 3.8) is 0 Å². The third-order valence-corrected chi connectivity index (χ3v) is 3.23. The summed E-state index contributed by atoms with van der Waals surface area (Å²) in [5, 5.41) is 0. The first kappa shape index (κ1) is 12.3. The van der Waals surface area contributed by atoms with Crippen LogP contribution < -0.4 is 10.6 Å². The molecule has 17 heavy (non-hydrogen) atoms. The molecule has 0 atom stereocenters. The number of piperidine rings is 1. The van der Waals surface area contributed by atoms with Crippen LogP contribution in [0.15, 0.2) is 18.3 Å². The maximum atomic E-state index is 5.64. The third kappa shape index (κ3) is 3.17. The van der Waals surface area contributed by atoms with E-state index in [-0.39, 0.29) is 0 Å². The van der Waals surface area contributed by atoms with Crippen molar-refractivity contribution >= 4 is 5.69 Å². The van der Waals surface area contributed by atoms with Crippen molar-refractivity contribution in [2.45, 2.75) is 32.4 Å². The lowest BCUT2D eigenvalue weighted by atomic mass is 10.1. The minimum absolute atomic E-state index is 0.438. The third-order valence-electron chi connectivity index (χ3n) is 3.23. The zero-order chi connectivity index (χ0) is 12.1. The topological polar surface area (TPSA) is 51.4 Å². The Kier molecular flexibility index (Phi) is 4.34. The second-order valence-corrected chi connectivity index (χ2v) is 4.35. The average molecular weight is 235 g/mol. The Balaban J connectivity index is 1.91. The standard InChI is InChI=1S/C13H21N3O/c1-2-17-13-5-7-16(8-6-13)12-4-3-11(9-14)15-10-12/h3-4,10,13H,2,5-9,14H2,1H3. The van der Waals surface area contributed by atoms with Crippen LogP contribution in [0.25, 0.3) is 0 Å². The summed E-state index contributed by atoms with van der Waals surface area (Å²) in [5.74, 6) is 0. The number of hydrogen-bond acceptors (Lipinski definition) is 4. The zero-order valence-electron chi connectivity index (χ0n) is 10.4. The molecule has 0 radical (unpaired) electrons. The SMILES string of the molecule is CCOC1CCN(c2ccc(CN)nc2)CC1. The van der Waals surface area contributed by atoms with Gasteiger partial charge in [-0.15, -0.1) is 0 Å². The van der Waals surface area contributed by atoms with E-state index >= 15 is 0 Å². The molecular weight excluding hydrogens is 214 g/mol.